The van der Waals surface area contributed by atoms with Crippen molar-refractivity contribution < 1.29 is 9.18 Å². The van der Waals surface area contributed by atoms with Crippen LogP contribution in [-0.4, -0.2) is 39.5 Å². The maximum Gasteiger partial charge on any atom is 0.234 e. The van der Waals surface area contributed by atoms with Gasteiger partial charge in [0.2, 0.25) is 5.91 Å². The third kappa shape index (κ3) is 4.44. The standard InChI is InChI=1S/C21H21ClFN5OS/c1-14-7-8-15(11-16(14)22)28-13-24-26-21(28)30-12-19(29)25-20-17(23)5-4-6-18(20)27-9-2-3-10-27/h4-8,11,13H,2-3,9-10,12H2,1H3,(H,25,29). The van der Waals surface area contributed by atoms with E-state index < -0.39 is 5.82 Å². The Hall–Kier alpha value is -2.58. The first-order chi connectivity index (χ1) is 14.5. The third-order valence-corrected chi connectivity index (χ3v) is 6.34. The molecule has 156 valence electrons. The van der Waals surface area contributed by atoms with E-state index in [4.69, 9.17) is 11.6 Å². The maximum atomic E-state index is 14.4. The molecular weight excluding hydrogens is 425 g/mol. The van der Waals surface area contributed by atoms with E-state index in [1.165, 1.54) is 17.8 Å². The maximum absolute atomic E-state index is 14.4. The first-order valence-corrected chi connectivity index (χ1v) is 11.0. The zero-order valence-corrected chi connectivity index (χ0v) is 18.0. The summed E-state index contributed by atoms with van der Waals surface area (Å²) in [7, 11) is 0. The van der Waals surface area contributed by atoms with Crippen LogP contribution in [0.15, 0.2) is 47.9 Å². The number of amides is 1. The van der Waals surface area contributed by atoms with Gasteiger partial charge in [-0.3, -0.25) is 9.36 Å². The van der Waals surface area contributed by atoms with Gasteiger partial charge in [-0.25, -0.2) is 4.39 Å². The van der Waals surface area contributed by atoms with Gasteiger partial charge in [0.05, 0.1) is 17.1 Å². The number of halogens is 2. The summed E-state index contributed by atoms with van der Waals surface area (Å²) in [6.07, 6.45) is 3.71. The van der Waals surface area contributed by atoms with Crippen molar-refractivity contribution in [3.05, 3.63) is 59.1 Å². The Balaban J connectivity index is 1.46. The van der Waals surface area contributed by atoms with E-state index >= 15 is 0 Å². The van der Waals surface area contributed by atoms with E-state index in [1.807, 2.05) is 31.2 Å². The molecule has 0 radical (unpaired) electrons. The summed E-state index contributed by atoms with van der Waals surface area (Å²) in [5.41, 5.74) is 2.74. The molecule has 9 heteroatoms. The highest BCUT2D eigenvalue weighted by Crippen LogP contribution is 2.31. The van der Waals surface area contributed by atoms with Gasteiger partial charge in [0, 0.05) is 18.1 Å². The molecule has 0 aliphatic carbocycles. The van der Waals surface area contributed by atoms with E-state index in [0.29, 0.717) is 10.2 Å². The van der Waals surface area contributed by atoms with Gasteiger partial charge in [0.25, 0.3) is 0 Å². The van der Waals surface area contributed by atoms with E-state index in [0.717, 1.165) is 42.9 Å². The van der Waals surface area contributed by atoms with Crippen molar-refractivity contribution >= 4 is 40.6 Å². The molecule has 1 saturated heterocycles. The molecule has 1 fully saturated rings. The Bertz CT molecular complexity index is 1070. The van der Waals surface area contributed by atoms with Crippen LogP contribution in [0, 0.1) is 12.7 Å². The van der Waals surface area contributed by atoms with Crippen LogP contribution in [0.25, 0.3) is 5.69 Å². The second-order valence-corrected chi connectivity index (χ2v) is 8.43. The number of hydrogen-bond donors (Lipinski definition) is 1. The number of nitrogens with zero attached hydrogens (tertiary/aromatic N) is 4. The molecule has 3 aromatic rings. The Morgan fingerprint density at radius 1 is 1.27 bits per heavy atom. The molecule has 2 heterocycles. The van der Waals surface area contributed by atoms with Crippen molar-refractivity contribution in [2.45, 2.75) is 24.9 Å². The number of rotatable bonds is 6. The Labute approximate surface area is 183 Å². The fourth-order valence-electron chi connectivity index (χ4n) is 3.40. The number of nitrogens with one attached hydrogen (secondary N) is 1. The van der Waals surface area contributed by atoms with Crippen molar-refractivity contribution in [3.8, 4) is 5.69 Å². The highest BCUT2D eigenvalue weighted by Gasteiger charge is 2.20. The zero-order chi connectivity index (χ0) is 21.1. The smallest absolute Gasteiger partial charge is 0.234 e. The second-order valence-electron chi connectivity index (χ2n) is 7.08. The lowest BCUT2D eigenvalue weighted by atomic mass is 10.2. The lowest BCUT2D eigenvalue weighted by Crippen LogP contribution is -2.22. The van der Waals surface area contributed by atoms with E-state index in [9.17, 15) is 9.18 Å². The lowest BCUT2D eigenvalue weighted by molar-refractivity contribution is -0.113. The largest absolute Gasteiger partial charge is 0.370 e. The number of thioether (sulfide) groups is 1. The molecule has 0 atom stereocenters. The van der Waals surface area contributed by atoms with Gasteiger partial charge in [-0.05, 0) is 49.6 Å². The average Bonchev–Trinajstić information content (AvgIpc) is 3.42. The van der Waals surface area contributed by atoms with E-state index in [-0.39, 0.29) is 17.3 Å². The number of benzene rings is 2. The van der Waals surface area contributed by atoms with Gasteiger partial charge in [0.1, 0.15) is 17.8 Å². The summed E-state index contributed by atoms with van der Waals surface area (Å²) in [6, 6.07) is 10.5. The summed E-state index contributed by atoms with van der Waals surface area (Å²) in [6.45, 7) is 3.66. The molecule has 0 saturated carbocycles. The van der Waals surface area contributed by atoms with Crippen molar-refractivity contribution in [2.75, 3.05) is 29.1 Å². The SMILES string of the molecule is Cc1ccc(-n2cnnc2SCC(=O)Nc2c(F)cccc2N2CCCC2)cc1Cl. The first kappa shape index (κ1) is 20.7. The van der Waals surface area contributed by atoms with Crippen LogP contribution in [0.4, 0.5) is 15.8 Å². The summed E-state index contributed by atoms with van der Waals surface area (Å²) in [5, 5.41) is 12.0. The van der Waals surface area contributed by atoms with Gasteiger partial charge in [-0.15, -0.1) is 10.2 Å². The first-order valence-electron chi connectivity index (χ1n) is 9.65. The fourth-order valence-corrected chi connectivity index (χ4v) is 4.30. The molecule has 2 aromatic carbocycles. The number of aromatic nitrogens is 3. The summed E-state index contributed by atoms with van der Waals surface area (Å²) < 4.78 is 16.2. The molecular formula is C21H21ClFN5OS. The molecule has 30 heavy (non-hydrogen) atoms. The lowest BCUT2D eigenvalue weighted by Gasteiger charge is -2.22. The number of anilines is 2. The minimum absolute atomic E-state index is 0.0755. The highest BCUT2D eigenvalue weighted by atomic mass is 35.5. The molecule has 1 N–H and O–H groups in total. The quantitative estimate of drug-likeness (QED) is 0.557. The van der Waals surface area contributed by atoms with Crippen LogP contribution in [-0.2, 0) is 4.79 Å². The van der Waals surface area contributed by atoms with Crippen molar-refractivity contribution in [1.29, 1.82) is 0 Å². The monoisotopic (exact) mass is 445 g/mol. The van der Waals surface area contributed by atoms with E-state index in [1.54, 1.807) is 17.0 Å². The molecule has 1 aliphatic rings. The third-order valence-electron chi connectivity index (χ3n) is 4.99. The molecule has 1 aliphatic heterocycles. The van der Waals surface area contributed by atoms with Gasteiger partial charge in [-0.1, -0.05) is 35.5 Å². The molecule has 0 spiro atoms. The number of hydrogen-bond acceptors (Lipinski definition) is 5. The summed E-state index contributed by atoms with van der Waals surface area (Å²) in [4.78, 5) is 14.7. The van der Waals surface area contributed by atoms with Crippen molar-refractivity contribution in [1.82, 2.24) is 14.8 Å². The summed E-state index contributed by atoms with van der Waals surface area (Å²) >= 11 is 7.45. The normalized spacial score (nSPS) is 13.6. The molecule has 1 aromatic heterocycles. The molecule has 0 bridgehead atoms. The van der Waals surface area contributed by atoms with Crippen LogP contribution in [0.3, 0.4) is 0 Å². The Kier molecular flexibility index (Phi) is 6.24. The predicted molar refractivity (Wildman–Crippen MR) is 118 cm³/mol. The minimum Gasteiger partial charge on any atom is -0.370 e. The topological polar surface area (TPSA) is 63.1 Å². The number of carbonyl (C=O) groups is 1. The minimum atomic E-state index is -0.435. The number of carbonyl (C=O) groups excluding carboxylic acids is 1. The molecule has 6 nitrogen and oxygen atoms in total. The van der Waals surface area contributed by atoms with Gasteiger partial charge < -0.3 is 10.2 Å². The van der Waals surface area contributed by atoms with E-state index in [2.05, 4.69) is 20.4 Å². The van der Waals surface area contributed by atoms with Crippen molar-refractivity contribution in [2.24, 2.45) is 0 Å². The molecule has 0 unspecified atom stereocenters. The van der Waals surface area contributed by atoms with Crippen LogP contribution < -0.4 is 10.2 Å². The Morgan fingerprint density at radius 3 is 2.83 bits per heavy atom. The Morgan fingerprint density at radius 2 is 2.07 bits per heavy atom. The van der Waals surface area contributed by atoms with Gasteiger partial charge in [0.15, 0.2) is 5.16 Å². The average molecular weight is 446 g/mol. The van der Waals surface area contributed by atoms with Gasteiger partial charge in [-0.2, -0.15) is 0 Å². The predicted octanol–water partition coefficient (Wildman–Crippen LogP) is 4.70. The van der Waals surface area contributed by atoms with Crippen molar-refractivity contribution in [3.63, 3.8) is 0 Å². The highest BCUT2D eigenvalue weighted by molar-refractivity contribution is 7.99. The van der Waals surface area contributed by atoms with Gasteiger partial charge >= 0.3 is 0 Å². The summed E-state index contributed by atoms with van der Waals surface area (Å²) in [5.74, 6) is -0.663. The second kappa shape index (κ2) is 9.06. The molecule has 1 amide bonds. The molecule has 4 rings (SSSR count). The van der Waals surface area contributed by atoms with Crippen LogP contribution in [0.5, 0.6) is 0 Å². The zero-order valence-electron chi connectivity index (χ0n) is 16.4. The fraction of sp³-hybridized carbons (Fsp3) is 0.286. The number of aryl methyl sites for hydroxylation is 1. The van der Waals surface area contributed by atoms with Crippen LogP contribution in [0.2, 0.25) is 5.02 Å². The van der Waals surface area contributed by atoms with Crippen LogP contribution >= 0.6 is 23.4 Å². The number of para-hydroxylation sites is 1. The van der Waals surface area contributed by atoms with Crippen LogP contribution in [0.1, 0.15) is 18.4 Å².